The second-order valence-corrected chi connectivity index (χ2v) is 6.87. The average Bonchev–Trinajstić information content (AvgIpc) is 2.57. The molecule has 0 aliphatic carbocycles. The van der Waals surface area contributed by atoms with Crippen molar-refractivity contribution in [2.45, 2.75) is 45.8 Å². The van der Waals surface area contributed by atoms with Crippen molar-refractivity contribution in [3.05, 3.63) is 29.0 Å². The van der Waals surface area contributed by atoms with Crippen molar-refractivity contribution in [1.82, 2.24) is 9.97 Å². The lowest BCUT2D eigenvalue weighted by atomic mass is 9.79. The first kappa shape index (κ1) is 14.8. The Bertz CT molecular complexity index is 702. The van der Waals surface area contributed by atoms with E-state index in [0.29, 0.717) is 5.02 Å². The monoisotopic (exact) mass is 304 g/mol. The molecule has 1 aliphatic rings. The van der Waals surface area contributed by atoms with Gasteiger partial charge in [-0.2, -0.15) is 0 Å². The second-order valence-electron chi connectivity index (χ2n) is 6.46. The number of aryl methyl sites for hydroxylation is 1. The van der Waals surface area contributed by atoms with Crippen molar-refractivity contribution < 1.29 is 9.31 Å². The highest BCUT2D eigenvalue weighted by atomic mass is 35.5. The van der Waals surface area contributed by atoms with Crippen molar-refractivity contribution >= 4 is 35.2 Å². The number of nitrogens with zero attached hydrogens (tertiary/aromatic N) is 2. The Kier molecular flexibility index (Phi) is 3.28. The number of aromatic nitrogens is 2. The van der Waals surface area contributed by atoms with E-state index in [1.165, 1.54) is 0 Å². The maximum Gasteiger partial charge on any atom is 0.496 e. The van der Waals surface area contributed by atoms with Crippen LogP contribution in [-0.4, -0.2) is 28.3 Å². The van der Waals surface area contributed by atoms with Gasteiger partial charge in [0.15, 0.2) is 0 Å². The molecule has 0 radical (unpaired) electrons. The van der Waals surface area contributed by atoms with Crippen molar-refractivity contribution in [3.8, 4) is 0 Å². The van der Waals surface area contributed by atoms with E-state index in [1.54, 1.807) is 6.20 Å². The minimum atomic E-state index is -0.491. The summed E-state index contributed by atoms with van der Waals surface area (Å²) in [6.45, 7) is 9.98. The van der Waals surface area contributed by atoms with Gasteiger partial charge in [0.2, 0.25) is 0 Å². The molecule has 0 N–H and O–H groups in total. The molecular formula is C15H18BClN2O2. The highest BCUT2D eigenvalue weighted by Crippen LogP contribution is 2.37. The van der Waals surface area contributed by atoms with Crippen molar-refractivity contribution in [3.63, 3.8) is 0 Å². The lowest BCUT2D eigenvalue weighted by Gasteiger charge is -2.32. The highest BCUT2D eigenvalue weighted by Gasteiger charge is 2.52. The number of fused-ring (bicyclic) bond motifs is 1. The Labute approximate surface area is 130 Å². The van der Waals surface area contributed by atoms with Crippen molar-refractivity contribution in [2.75, 3.05) is 0 Å². The topological polar surface area (TPSA) is 44.2 Å². The predicted molar refractivity (Wildman–Crippen MR) is 85.0 cm³/mol. The van der Waals surface area contributed by atoms with Gasteiger partial charge in [-0.1, -0.05) is 11.6 Å². The second kappa shape index (κ2) is 4.67. The molecule has 3 rings (SSSR count). The predicted octanol–water partition coefficient (Wildman–Crippen LogP) is 2.89. The quantitative estimate of drug-likeness (QED) is 0.760. The van der Waals surface area contributed by atoms with E-state index >= 15 is 0 Å². The van der Waals surface area contributed by atoms with Crippen molar-refractivity contribution in [1.29, 1.82) is 0 Å². The summed E-state index contributed by atoms with van der Waals surface area (Å²) in [5, 5.41) is 0.584. The van der Waals surface area contributed by atoms with Crippen LogP contribution < -0.4 is 5.46 Å². The zero-order valence-corrected chi connectivity index (χ0v) is 13.7. The largest absolute Gasteiger partial charge is 0.496 e. The highest BCUT2D eigenvalue weighted by molar-refractivity contribution is 6.66. The Hall–Kier alpha value is -1.17. The van der Waals surface area contributed by atoms with Gasteiger partial charge in [0.25, 0.3) is 0 Å². The molecule has 1 aromatic carbocycles. The third kappa shape index (κ3) is 2.43. The van der Waals surface area contributed by atoms with E-state index in [0.717, 1.165) is 22.2 Å². The molecular weight excluding hydrogens is 286 g/mol. The molecule has 1 aromatic heterocycles. The lowest BCUT2D eigenvalue weighted by molar-refractivity contribution is 0.00578. The van der Waals surface area contributed by atoms with E-state index in [9.17, 15) is 0 Å². The minimum absolute atomic E-state index is 0.394. The fourth-order valence-corrected chi connectivity index (χ4v) is 2.54. The molecule has 1 fully saturated rings. The first-order valence-electron chi connectivity index (χ1n) is 6.98. The summed E-state index contributed by atoms with van der Waals surface area (Å²) in [4.78, 5) is 8.83. The summed E-state index contributed by atoms with van der Waals surface area (Å²) >= 11 is 6.39. The Morgan fingerprint density at radius 1 is 1.05 bits per heavy atom. The molecule has 1 saturated heterocycles. The van der Waals surface area contributed by atoms with Crippen LogP contribution in [0.1, 0.15) is 33.4 Å². The molecule has 2 aromatic rings. The van der Waals surface area contributed by atoms with E-state index < -0.39 is 18.3 Å². The Morgan fingerprint density at radius 3 is 2.29 bits per heavy atom. The molecule has 6 heteroatoms. The van der Waals surface area contributed by atoms with Crippen LogP contribution in [0, 0.1) is 6.92 Å². The number of halogens is 1. The van der Waals surface area contributed by atoms with Gasteiger partial charge in [-0.15, -0.1) is 0 Å². The van der Waals surface area contributed by atoms with Gasteiger partial charge in [0.1, 0.15) is 0 Å². The summed E-state index contributed by atoms with van der Waals surface area (Å²) in [6.07, 6.45) is 1.74. The molecule has 0 saturated carbocycles. The van der Waals surface area contributed by atoms with Gasteiger partial charge in [-0.3, -0.25) is 4.98 Å². The summed E-state index contributed by atoms with van der Waals surface area (Å²) in [6, 6.07) is 3.71. The van der Waals surface area contributed by atoms with E-state index in [4.69, 9.17) is 20.9 Å². The van der Waals surface area contributed by atoms with E-state index in [-0.39, 0.29) is 0 Å². The first-order valence-corrected chi connectivity index (χ1v) is 7.36. The fraction of sp³-hybridized carbons (Fsp3) is 0.467. The molecule has 0 atom stereocenters. The summed E-state index contributed by atoms with van der Waals surface area (Å²) < 4.78 is 12.1. The number of hydrogen-bond acceptors (Lipinski definition) is 4. The van der Waals surface area contributed by atoms with Crippen LogP contribution in [0.15, 0.2) is 18.3 Å². The van der Waals surface area contributed by atoms with E-state index in [1.807, 2.05) is 46.8 Å². The normalized spacial score (nSPS) is 20.2. The zero-order valence-electron chi connectivity index (χ0n) is 12.9. The SMILES string of the molecule is Cc1cnc2cc(B3OC(C)(C)C(C)(C)O3)c(Cl)cc2n1. The molecule has 0 spiro atoms. The average molecular weight is 305 g/mol. The zero-order chi connectivity index (χ0) is 15.4. The van der Waals surface area contributed by atoms with Crippen LogP contribution in [0.5, 0.6) is 0 Å². The maximum absolute atomic E-state index is 6.39. The first-order chi connectivity index (χ1) is 9.69. The van der Waals surface area contributed by atoms with Crippen LogP contribution in [0.4, 0.5) is 0 Å². The number of hydrogen-bond donors (Lipinski definition) is 0. The van der Waals surface area contributed by atoms with Crippen LogP contribution in [0.25, 0.3) is 11.0 Å². The molecule has 2 heterocycles. The van der Waals surface area contributed by atoms with Crippen molar-refractivity contribution in [2.24, 2.45) is 0 Å². The molecule has 1 aliphatic heterocycles. The molecule has 4 nitrogen and oxygen atoms in total. The number of benzene rings is 1. The molecule has 110 valence electrons. The molecule has 0 amide bonds. The van der Waals surface area contributed by atoms with Crippen LogP contribution >= 0.6 is 11.6 Å². The summed E-state index contributed by atoms with van der Waals surface area (Å²) in [5.41, 5.74) is 2.43. The number of rotatable bonds is 1. The van der Waals surface area contributed by atoms with Crippen LogP contribution in [-0.2, 0) is 9.31 Å². The smallest absolute Gasteiger partial charge is 0.399 e. The van der Waals surface area contributed by atoms with Gasteiger partial charge in [-0.25, -0.2) is 4.98 Å². The maximum atomic E-state index is 6.39. The third-order valence-electron chi connectivity index (χ3n) is 4.29. The van der Waals surface area contributed by atoms with Gasteiger partial charge in [0.05, 0.1) is 27.9 Å². The Morgan fingerprint density at radius 2 is 1.67 bits per heavy atom. The van der Waals surface area contributed by atoms with Gasteiger partial charge in [0, 0.05) is 16.7 Å². The van der Waals surface area contributed by atoms with E-state index in [2.05, 4.69) is 9.97 Å². The van der Waals surface area contributed by atoms with Gasteiger partial charge >= 0.3 is 7.12 Å². The minimum Gasteiger partial charge on any atom is -0.399 e. The Balaban J connectivity index is 2.06. The lowest BCUT2D eigenvalue weighted by Crippen LogP contribution is -2.41. The van der Waals surface area contributed by atoms with Crippen LogP contribution in [0.3, 0.4) is 0 Å². The molecule has 0 unspecified atom stereocenters. The van der Waals surface area contributed by atoms with Crippen LogP contribution in [0.2, 0.25) is 5.02 Å². The van der Waals surface area contributed by atoms with Gasteiger partial charge in [-0.05, 0) is 46.8 Å². The summed E-state index contributed by atoms with van der Waals surface area (Å²) in [7, 11) is -0.491. The third-order valence-corrected chi connectivity index (χ3v) is 4.62. The summed E-state index contributed by atoms with van der Waals surface area (Å²) in [5.74, 6) is 0. The fourth-order valence-electron chi connectivity index (χ4n) is 2.29. The van der Waals surface area contributed by atoms with Gasteiger partial charge < -0.3 is 9.31 Å². The molecule has 0 bridgehead atoms. The standard InChI is InChI=1S/C15H18BClN2O2/c1-9-8-18-12-6-10(11(17)7-13(12)19-9)16-20-14(2,3)15(4,5)21-16/h6-8H,1-5H3. The molecule has 21 heavy (non-hydrogen) atoms.